The molecule has 2 nitrogen and oxygen atoms in total. The van der Waals surface area contributed by atoms with E-state index in [0.717, 1.165) is 30.1 Å². The van der Waals surface area contributed by atoms with E-state index in [0.29, 0.717) is 12.0 Å². The minimum absolute atomic E-state index is 0.143. The van der Waals surface area contributed by atoms with Gasteiger partial charge in [-0.1, -0.05) is 122 Å². The number of aryl methyl sites for hydroxylation is 2. The van der Waals surface area contributed by atoms with Crippen LogP contribution in [-0.4, -0.2) is 6.61 Å². The highest BCUT2D eigenvalue weighted by molar-refractivity contribution is 6.23. The second-order valence-corrected chi connectivity index (χ2v) is 14.8. The summed E-state index contributed by atoms with van der Waals surface area (Å²) in [5, 5.41) is 9.19. The third-order valence-corrected chi connectivity index (χ3v) is 9.23. The zero-order valence-corrected chi connectivity index (χ0v) is 30.0. The molecule has 0 aliphatic rings. The first-order valence-electron chi connectivity index (χ1n) is 17.2. The van der Waals surface area contributed by atoms with Crippen LogP contribution < -0.4 is 14.7 Å². The maximum Gasteiger partial charge on any atom is 0.127 e. The highest BCUT2D eigenvalue weighted by Gasteiger charge is 2.17. The Morgan fingerprint density at radius 2 is 1.23 bits per heavy atom. The van der Waals surface area contributed by atoms with Crippen molar-refractivity contribution in [2.75, 3.05) is 6.61 Å². The topological polar surface area (TPSA) is 18.5 Å². The zero-order valence-electron chi connectivity index (χ0n) is 30.0. The monoisotopic (exact) mass is 624 g/mol. The quantitative estimate of drug-likeness (QED) is 0.124. The molecule has 244 valence electrons. The molecule has 0 atom stereocenters. The van der Waals surface area contributed by atoms with Crippen LogP contribution in [0.5, 0.6) is 17.2 Å². The van der Waals surface area contributed by atoms with E-state index in [1.165, 1.54) is 60.6 Å². The van der Waals surface area contributed by atoms with Crippen molar-refractivity contribution in [2.24, 2.45) is 10.8 Å². The van der Waals surface area contributed by atoms with E-state index in [-0.39, 0.29) is 5.41 Å². The minimum Gasteiger partial charge on any atom is -0.493 e. The van der Waals surface area contributed by atoms with E-state index in [9.17, 15) is 0 Å². The lowest BCUT2D eigenvalue weighted by molar-refractivity contribution is 0.198. The summed E-state index contributed by atoms with van der Waals surface area (Å²) in [6.45, 7) is 20.7. The van der Waals surface area contributed by atoms with E-state index < -0.39 is 0 Å². The Hall–Kier alpha value is -4.30. The molecular formula is C45H52O2. The number of hydrogen-bond acceptors (Lipinski definition) is 2. The molecule has 0 spiro atoms. The van der Waals surface area contributed by atoms with Crippen molar-refractivity contribution in [3.05, 3.63) is 119 Å². The average Bonchev–Trinajstić information content (AvgIpc) is 3.06. The highest BCUT2D eigenvalue weighted by atomic mass is 16.5. The summed E-state index contributed by atoms with van der Waals surface area (Å²) < 4.78 is 12.0. The summed E-state index contributed by atoms with van der Waals surface area (Å²) in [6.07, 6.45) is 5.56. The Labute approximate surface area is 282 Å². The fraction of sp³-hybridized carbons (Fsp3) is 0.333. The van der Waals surface area contributed by atoms with Crippen LogP contribution in [0.2, 0.25) is 0 Å². The minimum atomic E-state index is 0.143. The molecular weight excluding hydrogens is 572 g/mol. The van der Waals surface area contributed by atoms with Crippen LogP contribution in [0, 0.1) is 17.8 Å². The van der Waals surface area contributed by atoms with Gasteiger partial charge in [-0.2, -0.15) is 0 Å². The predicted molar refractivity (Wildman–Crippen MR) is 204 cm³/mol. The molecule has 0 N–H and O–H groups in total. The van der Waals surface area contributed by atoms with Gasteiger partial charge in [0.15, 0.2) is 0 Å². The van der Waals surface area contributed by atoms with Crippen LogP contribution in [0.4, 0.5) is 0 Å². The average molecular weight is 625 g/mol. The Morgan fingerprint density at radius 1 is 0.638 bits per heavy atom. The maximum absolute atomic E-state index is 6.16. The van der Waals surface area contributed by atoms with Gasteiger partial charge in [0.05, 0.1) is 6.61 Å². The molecule has 0 aliphatic carbocycles. The van der Waals surface area contributed by atoms with Crippen LogP contribution in [-0.2, 0) is 12.8 Å². The fourth-order valence-electron chi connectivity index (χ4n) is 6.17. The van der Waals surface area contributed by atoms with Crippen molar-refractivity contribution in [1.82, 2.24) is 0 Å². The number of ether oxygens (including phenoxy) is 2. The van der Waals surface area contributed by atoms with E-state index >= 15 is 0 Å². The van der Waals surface area contributed by atoms with E-state index in [1.807, 2.05) is 12.1 Å². The first-order chi connectivity index (χ1) is 22.4. The normalized spacial score (nSPS) is 12.4. The lowest BCUT2D eigenvalue weighted by atomic mass is 9.83. The summed E-state index contributed by atoms with van der Waals surface area (Å²) in [6, 6.07) is 34.4. The molecule has 0 bridgehead atoms. The predicted octanol–water partition coefficient (Wildman–Crippen LogP) is 12.4. The van der Waals surface area contributed by atoms with Gasteiger partial charge in [-0.25, -0.2) is 0 Å². The third-order valence-electron chi connectivity index (χ3n) is 9.23. The second kappa shape index (κ2) is 14.2. The molecule has 0 heterocycles. The molecule has 2 heteroatoms. The van der Waals surface area contributed by atoms with Gasteiger partial charge in [0, 0.05) is 0 Å². The van der Waals surface area contributed by atoms with Gasteiger partial charge < -0.3 is 9.47 Å². The van der Waals surface area contributed by atoms with Gasteiger partial charge in [0.2, 0.25) is 0 Å². The van der Waals surface area contributed by atoms with Crippen molar-refractivity contribution in [2.45, 2.75) is 81.6 Å². The fourth-order valence-corrected chi connectivity index (χ4v) is 6.17. The Bertz CT molecular complexity index is 2010. The van der Waals surface area contributed by atoms with Crippen molar-refractivity contribution < 1.29 is 9.47 Å². The summed E-state index contributed by atoms with van der Waals surface area (Å²) >= 11 is 0. The van der Waals surface area contributed by atoms with Gasteiger partial charge in [0.25, 0.3) is 0 Å². The van der Waals surface area contributed by atoms with Crippen LogP contribution in [0.1, 0.15) is 78.5 Å². The molecule has 0 saturated heterocycles. The lowest BCUT2D eigenvalue weighted by Gasteiger charge is -2.22. The first-order valence-corrected chi connectivity index (χ1v) is 17.2. The number of hydrogen-bond donors (Lipinski definition) is 0. The SMILES string of the molecule is C/C=c1/cccc2c1c(C)c1cc(OCC(C)(C)C)cc3cccc2c31.CCc1ccc(Oc2ccc(CC(C)(C)CC)cc2)cc1. The van der Waals surface area contributed by atoms with E-state index in [1.54, 1.807) is 0 Å². The molecule has 0 fully saturated rings. The number of fused-ring (bicyclic) bond motifs is 2. The third kappa shape index (κ3) is 8.17. The smallest absolute Gasteiger partial charge is 0.127 e. The molecule has 6 aromatic rings. The zero-order chi connectivity index (χ0) is 33.8. The summed E-state index contributed by atoms with van der Waals surface area (Å²) in [5.41, 5.74) is 4.54. The van der Waals surface area contributed by atoms with Crippen molar-refractivity contribution >= 4 is 38.4 Å². The number of rotatable bonds is 8. The first kappa shape index (κ1) is 34.0. The second-order valence-electron chi connectivity index (χ2n) is 14.8. The summed E-state index contributed by atoms with van der Waals surface area (Å²) in [5.74, 6) is 2.76. The van der Waals surface area contributed by atoms with Gasteiger partial charge in [0.1, 0.15) is 17.2 Å². The molecule has 0 radical (unpaired) electrons. The molecule has 0 unspecified atom stereocenters. The van der Waals surface area contributed by atoms with Gasteiger partial charge in [-0.15, -0.1) is 0 Å². The van der Waals surface area contributed by atoms with Gasteiger partial charge in [-0.3, -0.25) is 0 Å². The molecule has 6 rings (SSSR count). The van der Waals surface area contributed by atoms with Gasteiger partial charge >= 0.3 is 0 Å². The highest BCUT2D eigenvalue weighted by Crippen LogP contribution is 2.38. The van der Waals surface area contributed by atoms with Crippen LogP contribution in [0.25, 0.3) is 38.4 Å². The molecule has 0 aliphatic heterocycles. The standard InChI is InChI=1S/C25H26O.C20H26O/c1-6-17-9-7-11-20-21-12-8-10-18-13-19(26-15-25(3,4)5)14-22(24(18)21)16(2)23(17)20;1-5-16-7-11-18(12-8-16)21-19-13-9-17(10-14-19)15-20(3,4)6-2/h6-14H,15H2,1-5H3;7-14H,5-6,15H2,1-4H3/b17-6-;. The Morgan fingerprint density at radius 3 is 1.81 bits per heavy atom. The van der Waals surface area contributed by atoms with Crippen molar-refractivity contribution in [1.29, 1.82) is 0 Å². The van der Waals surface area contributed by atoms with Crippen LogP contribution in [0.3, 0.4) is 0 Å². The van der Waals surface area contributed by atoms with Crippen LogP contribution >= 0.6 is 0 Å². The molecule has 0 aromatic heterocycles. The number of benzene rings is 6. The summed E-state index contributed by atoms with van der Waals surface area (Å²) in [4.78, 5) is 0. The van der Waals surface area contributed by atoms with Crippen LogP contribution in [0.15, 0.2) is 97.1 Å². The Kier molecular flexibility index (Phi) is 10.3. The molecule has 0 amide bonds. The summed E-state index contributed by atoms with van der Waals surface area (Å²) in [7, 11) is 0. The molecule has 6 aromatic carbocycles. The van der Waals surface area contributed by atoms with Crippen molar-refractivity contribution in [3.8, 4) is 17.2 Å². The van der Waals surface area contributed by atoms with E-state index in [4.69, 9.17) is 9.47 Å². The largest absolute Gasteiger partial charge is 0.493 e. The molecule has 0 saturated carbocycles. The lowest BCUT2D eigenvalue weighted by Crippen LogP contribution is -2.16. The Balaban J connectivity index is 0.000000189. The molecule has 47 heavy (non-hydrogen) atoms. The van der Waals surface area contributed by atoms with Crippen molar-refractivity contribution in [3.63, 3.8) is 0 Å². The maximum atomic E-state index is 6.16. The van der Waals surface area contributed by atoms with E-state index in [2.05, 4.69) is 153 Å². The van der Waals surface area contributed by atoms with Gasteiger partial charge in [-0.05, 0) is 128 Å².